The zero-order valence-electron chi connectivity index (χ0n) is 21.0. The number of hydrogen-bond donors (Lipinski definition) is 0. The van der Waals surface area contributed by atoms with Gasteiger partial charge in [-0.25, -0.2) is 0 Å². The van der Waals surface area contributed by atoms with Gasteiger partial charge >= 0.3 is 0 Å². The van der Waals surface area contributed by atoms with E-state index in [1.807, 2.05) is 0 Å². The second-order valence-electron chi connectivity index (χ2n) is 9.81. The van der Waals surface area contributed by atoms with Crippen LogP contribution in [0.1, 0.15) is 18.3 Å². The van der Waals surface area contributed by atoms with Crippen LogP contribution < -0.4 is 0 Å². The number of rotatable bonds is 3. The number of aromatic nitrogens is 2. The van der Waals surface area contributed by atoms with E-state index in [0.717, 1.165) is 39.6 Å². The first kappa shape index (κ1) is 21.7. The molecule has 0 aliphatic rings. The summed E-state index contributed by atoms with van der Waals surface area (Å²) < 4.78 is 0. The maximum absolute atomic E-state index is 5.13. The Bertz CT molecular complexity index is 1980. The number of benzene rings is 5. The van der Waals surface area contributed by atoms with Crippen molar-refractivity contribution in [3.05, 3.63) is 121 Å². The summed E-state index contributed by atoms with van der Waals surface area (Å²) >= 11 is 0. The van der Waals surface area contributed by atoms with Crippen LogP contribution in [0.15, 0.2) is 109 Å². The Morgan fingerprint density at radius 3 is 1.59 bits per heavy atom. The monoisotopic (exact) mass is 474 g/mol. The molecular formula is C35H26N2. The minimum atomic E-state index is 0.871. The zero-order chi connectivity index (χ0) is 24.9. The standard InChI is InChI=1S/C35H26N2/c1-3-29-21-33(28-15-13-24-9-5-7-11-26(24)20-28)31-17-16-30-32(18-22(2)36-34(30)35(31)37-29)27-14-12-23-8-4-6-10-25(23)19-27/h4-21H,3H2,1-2H3. The van der Waals surface area contributed by atoms with Crippen molar-refractivity contribution < 1.29 is 0 Å². The van der Waals surface area contributed by atoms with Crippen molar-refractivity contribution in [2.45, 2.75) is 20.3 Å². The van der Waals surface area contributed by atoms with Crippen LogP contribution in [0.3, 0.4) is 0 Å². The Hall–Kier alpha value is -4.56. The van der Waals surface area contributed by atoms with Gasteiger partial charge in [0.2, 0.25) is 0 Å². The summed E-state index contributed by atoms with van der Waals surface area (Å²) in [6.45, 7) is 4.25. The van der Waals surface area contributed by atoms with Crippen molar-refractivity contribution in [1.82, 2.24) is 9.97 Å². The molecule has 2 aromatic heterocycles. The van der Waals surface area contributed by atoms with E-state index in [-0.39, 0.29) is 0 Å². The van der Waals surface area contributed by atoms with E-state index in [1.165, 1.54) is 43.8 Å². The van der Waals surface area contributed by atoms with Gasteiger partial charge in [0, 0.05) is 22.2 Å². The zero-order valence-corrected chi connectivity index (χ0v) is 21.0. The van der Waals surface area contributed by atoms with Crippen LogP contribution in [0.25, 0.3) is 65.6 Å². The highest BCUT2D eigenvalue weighted by Crippen LogP contribution is 2.37. The summed E-state index contributed by atoms with van der Waals surface area (Å²) in [5.74, 6) is 0. The Balaban J connectivity index is 1.51. The van der Waals surface area contributed by atoms with Gasteiger partial charge in [0.15, 0.2) is 0 Å². The molecule has 0 N–H and O–H groups in total. The van der Waals surface area contributed by atoms with Crippen LogP contribution in [0.5, 0.6) is 0 Å². The van der Waals surface area contributed by atoms with Crippen LogP contribution in [0.4, 0.5) is 0 Å². The minimum absolute atomic E-state index is 0.871. The molecule has 7 aromatic rings. The molecule has 0 aliphatic carbocycles. The average molecular weight is 475 g/mol. The van der Waals surface area contributed by atoms with Crippen LogP contribution in [0.2, 0.25) is 0 Å². The van der Waals surface area contributed by atoms with Gasteiger partial charge in [0.25, 0.3) is 0 Å². The molecule has 0 amide bonds. The van der Waals surface area contributed by atoms with Gasteiger partial charge in [-0.15, -0.1) is 0 Å². The number of fused-ring (bicyclic) bond motifs is 5. The van der Waals surface area contributed by atoms with Crippen LogP contribution in [0, 0.1) is 6.92 Å². The molecule has 0 saturated carbocycles. The van der Waals surface area contributed by atoms with E-state index in [0.29, 0.717) is 0 Å². The summed E-state index contributed by atoms with van der Waals surface area (Å²) in [5.41, 5.74) is 8.86. The first-order chi connectivity index (χ1) is 18.2. The Morgan fingerprint density at radius 1 is 0.514 bits per heavy atom. The molecule has 176 valence electrons. The van der Waals surface area contributed by atoms with Gasteiger partial charge < -0.3 is 0 Å². The number of pyridine rings is 2. The molecule has 0 unspecified atom stereocenters. The highest BCUT2D eigenvalue weighted by Gasteiger charge is 2.15. The van der Waals surface area contributed by atoms with Crippen molar-refractivity contribution in [3.8, 4) is 22.3 Å². The van der Waals surface area contributed by atoms with Crippen molar-refractivity contribution in [2.24, 2.45) is 0 Å². The van der Waals surface area contributed by atoms with E-state index in [9.17, 15) is 0 Å². The summed E-state index contributed by atoms with van der Waals surface area (Å²) in [5, 5.41) is 7.27. The molecule has 0 aliphatic heterocycles. The van der Waals surface area contributed by atoms with Crippen molar-refractivity contribution >= 4 is 43.4 Å². The maximum Gasteiger partial charge on any atom is 0.0974 e. The molecule has 0 saturated heterocycles. The van der Waals surface area contributed by atoms with Crippen molar-refractivity contribution in [1.29, 1.82) is 0 Å². The van der Waals surface area contributed by atoms with Gasteiger partial charge in [-0.3, -0.25) is 9.97 Å². The molecule has 0 spiro atoms. The molecule has 2 heteroatoms. The van der Waals surface area contributed by atoms with Crippen LogP contribution in [-0.2, 0) is 6.42 Å². The molecule has 0 radical (unpaired) electrons. The lowest BCUT2D eigenvalue weighted by atomic mass is 9.93. The molecule has 2 nitrogen and oxygen atoms in total. The molecule has 7 rings (SSSR count). The molecule has 0 bridgehead atoms. The summed E-state index contributed by atoms with van der Waals surface area (Å²) in [4.78, 5) is 10.2. The Morgan fingerprint density at radius 2 is 1.03 bits per heavy atom. The maximum atomic E-state index is 5.13. The second-order valence-corrected chi connectivity index (χ2v) is 9.81. The lowest BCUT2D eigenvalue weighted by molar-refractivity contribution is 1.06. The smallest absolute Gasteiger partial charge is 0.0974 e. The van der Waals surface area contributed by atoms with Crippen LogP contribution >= 0.6 is 0 Å². The minimum Gasteiger partial charge on any atom is -0.251 e. The fourth-order valence-corrected chi connectivity index (χ4v) is 5.53. The number of hydrogen-bond acceptors (Lipinski definition) is 2. The van der Waals surface area contributed by atoms with Gasteiger partial charge in [-0.1, -0.05) is 91.9 Å². The molecular weight excluding hydrogens is 448 g/mol. The van der Waals surface area contributed by atoms with Crippen molar-refractivity contribution in [2.75, 3.05) is 0 Å². The largest absolute Gasteiger partial charge is 0.251 e. The van der Waals surface area contributed by atoms with Crippen LogP contribution in [-0.4, -0.2) is 9.97 Å². The van der Waals surface area contributed by atoms with E-state index >= 15 is 0 Å². The average Bonchev–Trinajstić information content (AvgIpc) is 2.95. The first-order valence-electron chi connectivity index (χ1n) is 12.9. The Kier molecular flexibility index (Phi) is 5.00. The third-order valence-electron chi connectivity index (χ3n) is 7.42. The van der Waals surface area contributed by atoms with Gasteiger partial charge in [-0.05, 0) is 81.4 Å². The predicted octanol–water partition coefficient (Wildman–Crippen LogP) is 9.29. The summed E-state index contributed by atoms with van der Waals surface area (Å²) in [6.07, 6.45) is 0.871. The summed E-state index contributed by atoms with van der Waals surface area (Å²) in [6, 6.07) is 39.4. The molecule has 37 heavy (non-hydrogen) atoms. The third kappa shape index (κ3) is 3.65. The molecule has 0 fully saturated rings. The quantitative estimate of drug-likeness (QED) is 0.238. The van der Waals surface area contributed by atoms with E-state index < -0.39 is 0 Å². The van der Waals surface area contributed by atoms with Gasteiger partial charge in [0.05, 0.1) is 11.0 Å². The highest BCUT2D eigenvalue weighted by molar-refractivity contribution is 6.12. The number of aryl methyl sites for hydroxylation is 2. The van der Waals surface area contributed by atoms with E-state index in [4.69, 9.17) is 9.97 Å². The highest BCUT2D eigenvalue weighted by atomic mass is 14.8. The normalized spacial score (nSPS) is 11.6. The van der Waals surface area contributed by atoms with E-state index in [2.05, 4.69) is 123 Å². The van der Waals surface area contributed by atoms with E-state index in [1.54, 1.807) is 0 Å². The lowest BCUT2D eigenvalue weighted by Crippen LogP contribution is -1.96. The number of nitrogens with zero attached hydrogens (tertiary/aromatic N) is 2. The predicted molar refractivity (Wildman–Crippen MR) is 157 cm³/mol. The fraction of sp³-hybridized carbons (Fsp3) is 0.0857. The lowest BCUT2D eigenvalue weighted by Gasteiger charge is -2.14. The fourth-order valence-electron chi connectivity index (χ4n) is 5.53. The van der Waals surface area contributed by atoms with Gasteiger partial charge in [-0.2, -0.15) is 0 Å². The second kappa shape index (κ2) is 8.53. The first-order valence-corrected chi connectivity index (χ1v) is 12.9. The SMILES string of the molecule is CCc1cc(-c2ccc3ccccc3c2)c2ccc3c(-c4ccc5ccccc5c4)cc(C)nc3c2n1. The van der Waals surface area contributed by atoms with Gasteiger partial charge in [0.1, 0.15) is 0 Å². The third-order valence-corrected chi connectivity index (χ3v) is 7.42. The Labute approximate surface area is 216 Å². The molecule has 5 aromatic carbocycles. The summed E-state index contributed by atoms with van der Waals surface area (Å²) in [7, 11) is 0. The van der Waals surface area contributed by atoms with Crippen molar-refractivity contribution in [3.63, 3.8) is 0 Å². The molecule has 0 atom stereocenters. The molecule has 2 heterocycles. The topological polar surface area (TPSA) is 25.8 Å².